The van der Waals surface area contributed by atoms with Crippen LogP contribution >= 0.6 is 11.6 Å². The Morgan fingerprint density at radius 3 is 2.70 bits per heavy atom. The molecule has 0 aliphatic carbocycles. The summed E-state index contributed by atoms with van der Waals surface area (Å²) >= 11 is 5.61. The minimum atomic E-state index is -4.51. The van der Waals surface area contributed by atoms with Gasteiger partial charge >= 0.3 is 6.18 Å². The molecule has 2 unspecified atom stereocenters. The summed E-state index contributed by atoms with van der Waals surface area (Å²) in [5, 5.41) is -0.336. The molecule has 1 aliphatic heterocycles. The van der Waals surface area contributed by atoms with Gasteiger partial charge < -0.3 is 9.64 Å². The van der Waals surface area contributed by atoms with Gasteiger partial charge in [-0.15, -0.1) is 0 Å². The zero-order chi connectivity index (χ0) is 17.2. The number of carbonyl (C=O) groups is 1. The molecule has 1 heterocycles. The fourth-order valence-electron chi connectivity index (χ4n) is 2.99. The standard InChI is InChI=1S/C16H19ClF3NO2/c1-3-14(23-2)11-6-7-21(15(11)22)9-10-4-5-13(17)12(8-10)16(18,19)20/h4-5,8,11,14H,3,6-7,9H2,1-2H3. The molecular weight excluding hydrogens is 331 g/mol. The molecule has 0 saturated carbocycles. The van der Waals surface area contributed by atoms with Crippen LogP contribution in [0.15, 0.2) is 18.2 Å². The van der Waals surface area contributed by atoms with Crippen molar-refractivity contribution >= 4 is 17.5 Å². The summed E-state index contributed by atoms with van der Waals surface area (Å²) in [5.74, 6) is -0.290. The van der Waals surface area contributed by atoms with Crippen molar-refractivity contribution in [3.63, 3.8) is 0 Å². The Morgan fingerprint density at radius 1 is 1.43 bits per heavy atom. The monoisotopic (exact) mass is 349 g/mol. The van der Waals surface area contributed by atoms with Crippen LogP contribution in [0.4, 0.5) is 13.2 Å². The van der Waals surface area contributed by atoms with E-state index >= 15 is 0 Å². The van der Waals surface area contributed by atoms with Crippen LogP contribution in [0.5, 0.6) is 0 Å². The minimum Gasteiger partial charge on any atom is -0.381 e. The molecule has 0 radical (unpaired) electrons. The number of rotatable bonds is 5. The number of ether oxygens (including phenoxy) is 1. The lowest BCUT2D eigenvalue weighted by Crippen LogP contribution is -2.32. The molecule has 7 heteroatoms. The number of hydrogen-bond donors (Lipinski definition) is 0. The van der Waals surface area contributed by atoms with Crippen molar-refractivity contribution in [3.8, 4) is 0 Å². The summed E-state index contributed by atoms with van der Waals surface area (Å²) in [4.78, 5) is 14.0. The fourth-order valence-corrected chi connectivity index (χ4v) is 3.21. The van der Waals surface area contributed by atoms with Crippen LogP contribution in [0.2, 0.25) is 5.02 Å². The zero-order valence-corrected chi connectivity index (χ0v) is 13.7. The lowest BCUT2D eigenvalue weighted by atomic mass is 9.99. The summed E-state index contributed by atoms with van der Waals surface area (Å²) in [6.07, 6.45) is -3.28. The van der Waals surface area contributed by atoms with E-state index in [0.717, 1.165) is 12.5 Å². The first-order valence-corrected chi connectivity index (χ1v) is 7.83. The number of hydrogen-bond acceptors (Lipinski definition) is 2. The SMILES string of the molecule is CCC(OC)C1CCN(Cc2ccc(Cl)c(C(F)(F)F)c2)C1=O. The van der Waals surface area contributed by atoms with E-state index < -0.39 is 11.7 Å². The smallest absolute Gasteiger partial charge is 0.381 e. The number of alkyl halides is 3. The highest BCUT2D eigenvalue weighted by atomic mass is 35.5. The van der Waals surface area contributed by atoms with E-state index in [1.54, 1.807) is 12.0 Å². The van der Waals surface area contributed by atoms with Gasteiger partial charge in [-0.2, -0.15) is 13.2 Å². The van der Waals surface area contributed by atoms with E-state index in [2.05, 4.69) is 0 Å². The van der Waals surface area contributed by atoms with Gasteiger partial charge in [0.15, 0.2) is 0 Å². The van der Waals surface area contributed by atoms with Crippen molar-refractivity contribution in [1.82, 2.24) is 4.90 Å². The van der Waals surface area contributed by atoms with Gasteiger partial charge in [0.2, 0.25) is 5.91 Å². The summed E-state index contributed by atoms with van der Waals surface area (Å²) in [6.45, 7) is 2.61. The quantitative estimate of drug-likeness (QED) is 0.799. The molecule has 1 amide bonds. The van der Waals surface area contributed by atoms with Crippen molar-refractivity contribution < 1.29 is 22.7 Å². The fraction of sp³-hybridized carbons (Fsp3) is 0.562. The molecule has 0 spiro atoms. The Balaban J connectivity index is 2.13. The molecule has 23 heavy (non-hydrogen) atoms. The van der Waals surface area contributed by atoms with E-state index in [-0.39, 0.29) is 29.5 Å². The van der Waals surface area contributed by atoms with Crippen molar-refractivity contribution in [3.05, 3.63) is 34.3 Å². The third-order valence-electron chi connectivity index (χ3n) is 4.20. The van der Waals surface area contributed by atoms with Crippen LogP contribution in [0.1, 0.15) is 30.9 Å². The predicted molar refractivity (Wildman–Crippen MR) is 81.1 cm³/mol. The van der Waals surface area contributed by atoms with E-state index in [1.807, 2.05) is 6.92 Å². The maximum absolute atomic E-state index is 12.9. The second-order valence-corrected chi connectivity index (χ2v) is 6.06. The lowest BCUT2D eigenvalue weighted by molar-refractivity contribution is -0.137. The molecule has 0 N–H and O–H groups in total. The maximum Gasteiger partial charge on any atom is 0.417 e. The maximum atomic E-state index is 12.9. The Morgan fingerprint density at radius 2 is 2.13 bits per heavy atom. The molecule has 0 bridgehead atoms. The number of carbonyl (C=O) groups excluding carboxylic acids is 1. The number of methoxy groups -OCH3 is 1. The van der Waals surface area contributed by atoms with Crippen LogP contribution in [0, 0.1) is 5.92 Å². The van der Waals surface area contributed by atoms with Crippen LogP contribution in [0.3, 0.4) is 0 Å². The van der Waals surface area contributed by atoms with Crippen molar-refractivity contribution in [2.45, 2.75) is 38.6 Å². The topological polar surface area (TPSA) is 29.5 Å². The van der Waals surface area contributed by atoms with Gasteiger partial charge in [-0.25, -0.2) is 0 Å². The molecule has 2 rings (SSSR count). The first kappa shape index (κ1) is 18.1. The number of amides is 1. The van der Waals surface area contributed by atoms with Gasteiger partial charge in [-0.3, -0.25) is 4.79 Å². The second kappa shape index (κ2) is 7.09. The van der Waals surface area contributed by atoms with E-state index in [4.69, 9.17) is 16.3 Å². The van der Waals surface area contributed by atoms with Crippen LogP contribution in [0.25, 0.3) is 0 Å². The summed E-state index contributed by atoms with van der Waals surface area (Å²) in [7, 11) is 1.57. The van der Waals surface area contributed by atoms with Gasteiger partial charge in [-0.1, -0.05) is 24.6 Å². The normalized spacial score (nSPS) is 20.2. The molecule has 1 aromatic rings. The Labute approximate surface area is 138 Å². The lowest BCUT2D eigenvalue weighted by Gasteiger charge is -2.21. The molecule has 1 fully saturated rings. The molecule has 1 saturated heterocycles. The van der Waals surface area contributed by atoms with Gasteiger partial charge in [0, 0.05) is 20.2 Å². The largest absolute Gasteiger partial charge is 0.417 e. The highest BCUT2D eigenvalue weighted by molar-refractivity contribution is 6.31. The van der Waals surface area contributed by atoms with Gasteiger partial charge in [0.1, 0.15) is 0 Å². The average Bonchev–Trinajstić information content (AvgIpc) is 2.83. The zero-order valence-electron chi connectivity index (χ0n) is 13.0. The highest BCUT2D eigenvalue weighted by Gasteiger charge is 2.37. The first-order chi connectivity index (χ1) is 10.8. The molecule has 1 aliphatic rings. The number of benzene rings is 1. The average molecular weight is 350 g/mol. The summed E-state index contributed by atoms with van der Waals surface area (Å²) in [6, 6.07) is 3.75. The molecule has 1 aromatic carbocycles. The molecule has 0 aromatic heterocycles. The summed E-state index contributed by atoms with van der Waals surface area (Å²) < 4.78 is 44.0. The number of likely N-dealkylation sites (tertiary alicyclic amines) is 1. The third kappa shape index (κ3) is 3.98. The Hall–Kier alpha value is -1.27. The molecule has 2 atom stereocenters. The second-order valence-electron chi connectivity index (χ2n) is 5.65. The van der Waals surface area contributed by atoms with Gasteiger partial charge in [0.25, 0.3) is 0 Å². The molecule has 3 nitrogen and oxygen atoms in total. The van der Waals surface area contributed by atoms with E-state index in [1.165, 1.54) is 12.1 Å². The van der Waals surface area contributed by atoms with E-state index in [9.17, 15) is 18.0 Å². The molecule has 128 valence electrons. The molecular formula is C16H19ClF3NO2. The predicted octanol–water partition coefficient (Wildman–Crippen LogP) is 4.13. The van der Waals surface area contributed by atoms with Gasteiger partial charge in [0.05, 0.1) is 22.6 Å². The van der Waals surface area contributed by atoms with E-state index in [0.29, 0.717) is 18.5 Å². The van der Waals surface area contributed by atoms with Crippen LogP contribution in [-0.4, -0.2) is 30.6 Å². The van der Waals surface area contributed by atoms with Crippen LogP contribution in [-0.2, 0) is 22.3 Å². The summed E-state index contributed by atoms with van der Waals surface area (Å²) in [5.41, 5.74) is -0.454. The van der Waals surface area contributed by atoms with Crippen LogP contribution < -0.4 is 0 Å². The van der Waals surface area contributed by atoms with Crippen molar-refractivity contribution in [2.75, 3.05) is 13.7 Å². The van der Waals surface area contributed by atoms with Crippen molar-refractivity contribution in [1.29, 1.82) is 0 Å². The number of nitrogens with zero attached hydrogens (tertiary/aromatic N) is 1. The minimum absolute atomic E-state index is 0.0674. The number of halogens is 4. The Bertz CT molecular complexity index is 573. The third-order valence-corrected chi connectivity index (χ3v) is 4.53. The van der Waals surface area contributed by atoms with Crippen molar-refractivity contribution in [2.24, 2.45) is 5.92 Å². The Kier molecular flexibility index (Phi) is 5.57. The first-order valence-electron chi connectivity index (χ1n) is 7.45. The highest BCUT2D eigenvalue weighted by Crippen LogP contribution is 2.35. The van der Waals surface area contributed by atoms with Gasteiger partial charge in [-0.05, 0) is 30.5 Å².